The van der Waals surface area contributed by atoms with Gasteiger partial charge >= 0.3 is 0 Å². The maximum atomic E-state index is 12.9. The number of carbonyl (C=O) groups is 1. The van der Waals surface area contributed by atoms with Crippen LogP contribution in [0.15, 0.2) is 18.3 Å². The number of likely N-dealkylation sites (tertiary alicyclic amines) is 1. The largest absolute Gasteiger partial charge is 0.342 e. The van der Waals surface area contributed by atoms with Crippen LogP contribution in [0, 0.1) is 18.8 Å². The molecule has 1 atom stereocenters. The third-order valence-corrected chi connectivity index (χ3v) is 6.25. The average molecular weight is 397 g/mol. The van der Waals surface area contributed by atoms with Gasteiger partial charge in [0.25, 0.3) is 0 Å². The number of carbonyl (C=O) groups excluding carboxylic acids is 1. The van der Waals surface area contributed by atoms with Crippen molar-refractivity contribution in [2.24, 2.45) is 11.8 Å². The molecule has 3 heterocycles. The van der Waals surface area contributed by atoms with Gasteiger partial charge in [-0.05, 0) is 51.0 Å². The number of aromatic amines is 1. The Bertz CT molecular complexity index is 813. The molecule has 1 saturated carbocycles. The number of anilines is 2. The molecule has 7 nitrogen and oxygen atoms in total. The van der Waals surface area contributed by atoms with E-state index in [1.807, 2.05) is 19.1 Å². The number of hydrogen-bond donors (Lipinski definition) is 2. The highest BCUT2D eigenvalue weighted by Crippen LogP contribution is 2.28. The summed E-state index contributed by atoms with van der Waals surface area (Å²) in [7, 11) is 0. The van der Waals surface area contributed by atoms with E-state index in [0.717, 1.165) is 74.8 Å². The van der Waals surface area contributed by atoms with E-state index in [9.17, 15) is 4.79 Å². The molecule has 0 aromatic carbocycles. The molecule has 29 heavy (non-hydrogen) atoms. The summed E-state index contributed by atoms with van der Waals surface area (Å²) in [6, 6.07) is 3.82. The van der Waals surface area contributed by atoms with Crippen LogP contribution in [0.5, 0.6) is 0 Å². The maximum absolute atomic E-state index is 12.9. The fourth-order valence-corrected chi connectivity index (χ4v) is 4.64. The molecule has 1 saturated heterocycles. The Morgan fingerprint density at radius 1 is 1.14 bits per heavy atom. The van der Waals surface area contributed by atoms with E-state index < -0.39 is 0 Å². The Hall–Kier alpha value is -2.44. The van der Waals surface area contributed by atoms with Gasteiger partial charge in [-0.15, -0.1) is 0 Å². The number of aryl methyl sites for hydroxylation is 1. The predicted molar refractivity (Wildman–Crippen MR) is 113 cm³/mol. The zero-order valence-electron chi connectivity index (χ0n) is 17.4. The van der Waals surface area contributed by atoms with Crippen molar-refractivity contribution in [2.45, 2.75) is 64.7 Å². The molecule has 7 heteroatoms. The second-order valence-electron chi connectivity index (χ2n) is 8.58. The molecule has 0 radical (unpaired) electrons. The van der Waals surface area contributed by atoms with E-state index in [-0.39, 0.29) is 5.92 Å². The molecule has 0 spiro atoms. The summed E-state index contributed by atoms with van der Waals surface area (Å²) in [6.45, 7) is 3.76. The maximum Gasteiger partial charge on any atom is 0.225 e. The first-order valence-corrected chi connectivity index (χ1v) is 11.1. The van der Waals surface area contributed by atoms with Gasteiger partial charge in [0.2, 0.25) is 5.91 Å². The summed E-state index contributed by atoms with van der Waals surface area (Å²) in [5, 5.41) is 10.3. The molecule has 2 fully saturated rings. The van der Waals surface area contributed by atoms with Crippen LogP contribution in [0.25, 0.3) is 0 Å². The summed E-state index contributed by atoms with van der Waals surface area (Å²) < 4.78 is 0. The zero-order valence-corrected chi connectivity index (χ0v) is 17.4. The predicted octanol–water partition coefficient (Wildman–Crippen LogP) is 4.00. The van der Waals surface area contributed by atoms with E-state index in [0.29, 0.717) is 11.8 Å². The van der Waals surface area contributed by atoms with Gasteiger partial charge in [0.15, 0.2) is 5.82 Å². The van der Waals surface area contributed by atoms with Gasteiger partial charge in [-0.2, -0.15) is 5.10 Å². The van der Waals surface area contributed by atoms with E-state index in [4.69, 9.17) is 0 Å². The van der Waals surface area contributed by atoms with Gasteiger partial charge in [0.1, 0.15) is 11.6 Å². The molecule has 1 aliphatic heterocycles. The molecule has 1 unspecified atom stereocenters. The molecule has 2 aromatic heterocycles. The molecule has 4 rings (SSSR count). The molecular formula is C22H32N6O. The molecule has 2 aromatic rings. The van der Waals surface area contributed by atoms with Crippen molar-refractivity contribution in [1.82, 2.24) is 25.1 Å². The number of nitrogens with one attached hydrogen (secondary N) is 2. The topological polar surface area (TPSA) is 86.8 Å². The monoisotopic (exact) mass is 396 g/mol. The Labute approximate surface area is 172 Å². The summed E-state index contributed by atoms with van der Waals surface area (Å²) >= 11 is 0. The van der Waals surface area contributed by atoms with Gasteiger partial charge in [0, 0.05) is 43.4 Å². The Kier molecular flexibility index (Phi) is 6.42. The molecular weight excluding hydrogens is 364 g/mol. The lowest BCUT2D eigenvalue weighted by atomic mass is 9.88. The van der Waals surface area contributed by atoms with E-state index in [2.05, 4.69) is 30.4 Å². The lowest BCUT2D eigenvalue weighted by Gasteiger charge is -2.28. The Morgan fingerprint density at radius 2 is 2.00 bits per heavy atom. The molecule has 156 valence electrons. The smallest absolute Gasteiger partial charge is 0.225 e. The second kappa shape index (κ2) is 9.37. The number of H-pyrrole nitrogens is 1. The first-order valence-electron chi connectivity index (χ1n) is 11.1. The summed E-state index contributed by atoms with van der Waals surface area (Å²) in [4.78, 5) is 24.2. The number of nitrogens with zero attached hydrogens (tertiary/aromatic N) is 4. The van der Waals surface area contributed by atoms with E-state index in [1.165, 1.54) is 19.3 Å². The summed E-state index contributed by atoms with van der Waals surface area (Å²) in [5.74, 6) is 3.60. The standard InChI is InChI=1S/C22H32N6O/c1-16-14-21(27-26-16)25-19-9-11-23-20(24-19)15-17-6-5-12-28(13-10-17)22(29)18-7-3-2-4-8-18/h9,11,14,17-18H,2-8,10,12-13,15H2,1H3,(H2,23,24,25,26,27). The van der Waals surface area contributed by atoms with E-state index >= 15 is 0 Å². The number of rotatable bonds is 5. The molecule has 2 N–H and O–H groups in total. The van der Waals surface area contributed by atoms with Crippen molar-refractivity contribution in [3.05, 3.63) is 29.8 Å². The van der Waals surface area contributed by atoms with E-state index in [1.54, 1.807) is 6.20 Å². The second-order valence-corrected chi connectivity index (χ2v) is 8.58. The normalized spacial score (nSPS) is 21.0. The van der Waals surface area contributed by atoms with Crippen LogP contribution in [0.3, 0.4) is 0 Å². The highest BCUT2D eigenvalue weighted by molar-refractivity contribution is 5.78. The zero-order chi connectivity index (χ0) is 20.1. The molecule has 1 aliphatic carbocycles. The minimum absolute atomic E-state index is 0.275. The summed E-state index contributed by atoms with van der Waals surface area (Å²) in [5.41, 5.74) is 1.01. The molecule has 1 amide bonds. The fraction of sp³-hybridized carbons (Fsp3) is 0.636. The number of amides is 1. The van der Waals surface area contributed by atoms with Crippen molar-refractivity contribution in [2.75, 3.05) is 18.4 Å². The Balaban J connectivity index is 1.32. The summed E-state index contributed by atoms with van der Waals surface area (Å²) in [6.07, 6.45) is 11.8. The van der Waals surface area contributed by atoms with Crippen LogP contribution in [0.2, 0.25) is 0 Å². The van der Waals surface area contributed by atoms with Crippen molar-refractivity contribution in [1.29, 1.82) is 0 Å². The van der Waals surface area contributed by atoms with Crippen LogP contribution in [0.1, 0.15) is 62.9 Å². The first-order chi connectivity index (χ1) is 14.2. The van der Waals surface area contributed by atoms with Gasteiger partial charge in [-0.1, -0.05) is 19.3 Å². The first kappa shape index (κ1) is 19.9. The van der Waals surface area contributed by atoms with Crippen LogP contribution in [-0.4, -0.2) is 44.1 Å². The highest BCUT2D eigenvalue weighted by Gasteiger charge is 2.28. The lowest BCUT2D eigenvalue weighted by molar-refractivity contribution is -0.136. The fourth-order valence-electron chi connectivity index (χ4n) is 4.64. The SMILES string of the molecule is Cc1cc(Nc2ccnc(CC3CCCN(C(=O)C4CCCCC4)CC3)n2)n[nH]1. The lowest BCUT2D eigenvalue weighted by Crippen LogP contribution is -2.37. The molecule has 2 aliphatic rings. The van der Waals surface area contributed by atoms with Crippen molar-refractivity contribution in [3.63, 3.8) is 0 Å². The number of aromatic nitrogens is 4. The van der Waals surface area contributed by atoms with Crippen molar-refractivity contribution < 1.29 is 4.79 Å². The van der Waals surface area contributed by atoms with Crippen LogP contribution in [-0.2, 0) is 11.2 Å². The van der Waals surface area contributed by atoms with Crippen LogP contribution >= 0.6 is 0 Å². The highest BCUT2D eigenvalue weighted by atomic mass is 16.2. The van der Waals surface area contributed by atoms with Crippen LogP contribution in [0.4, 0.5) is 11.6 Å². The minimum atomic E-state index is 0.275. The quantitative estimate of drug-likeness (QED) is 0.798. The van der Waals surface area contributed by atoms with Crippen molar-refractivity contribution in [3.8, 4) is 0 Å². The third-order valence-electron chi connectivity index (χ3n) is 6.25. The van der Waals surface area contributed by atoms with Crippen molar-refractivity contribution >= 4 is 17.5 Å². The number of hydrogen-bond acceptors (Lipinski definition) is 5. The van der Waals surface area contributed by atoms with Gasteiger partial charge in [0.05, 0.1) is 0 Å². The van der Waals surface area contributed by atoms with Gasteiger partial charge < -0.3 is 10.2 Å². The Morgan fingerprint density at radius 3 is 2.79 bits per heavy atom. The minimum Gasteiger partial charge on any atom is -0.342 e. The van der Waals surface area contributed by atoms with Gasteiger partial charge in [-0.25, -0.2) is 9.97 Å². The average Bonchev–Trinajstić information content (AvgIpc) is 3.00. The third kappa shape index (κ3) is 5.34. The molecule has 0 bridgehead atoms. The van der Waals surface area contributed by atoms with Gasteiger partial charge in [-0.3, -0.25) is 9.89 Å². The van der Waals surface area contributed by atoms with Crippen LogP contribution < -0.4 is 5.32 Å².